The Kier molecular flexibility index (Phi) is 4.76. The van der Waals surface area contributed by atoms with E-state index in [2.05, 4.69) is 22.1 Å². The smallest absolute Gasteiger partial charge is 0.257 e. The molecule has 0 aromatic heterocycles. The van der Waals surface area contributed by atoms with E-state index in [4.69, 9.17) is 4.74 Å². The fourth-order valence-electron chi connectivity index (χ4n) is 5.07. The molecule has 5 rings (SSSR count). The summed E-state index contributed by atoms with van der Waals surface area (Å²) in [7, 11) is 0. The van der Waals surface area contributed by atoms with Gasteiger partial charge in [0.1, 0.15) is 17.9 Å². The lowest BCUT2D eigenvalue weighted by atomic mass is 9.89. The van der Waals surface area contributed by atoms with E-state index >= 15 is 0 Å². The van der Waals surface area contributed by atoms with Crippen molar-refractivity contribution in [1.82, 2.24) is 15.1 Å². The van der Waals surface area contributed by atoms with Crippen molar-refractivity contribution in [3.05, 3.63) is 47.2 Å². The molecule has 4 aliphatic rings. The van der Waals surface area contributed by atoms with Crippen molar-refractivity contribution < 1.29 is 18.3 Å². The number of ether oxygens (including phenoxy) is 1. The summed E-state index contributed by atoms with van der Waals surface area (Å²) in [6.07, 6.45) is 5.06. The van der Waals surface area contributed by atoms with Gasteiger partial charge in [0.2, 0.25) is 0 Å². The van der Waals surface area contributed by atoms with E-state index < -0.39 is 17.2 Å². The second-order valence-corrected chi connectivity index (χ2v) is 8.51. The fourth-order valence-corrected chi connectivity index (χ4v) is 5.07. The van der Waals surface area contributed by atoms with Gasteiger partial charge in [-0.25, -0.2) is 13.8 Å². The number of likely N-dealkylation sites (tertiary alicyclic amines) is 1. The number of hydrogen-bond acceptors (Lipinski definition) is 5. The van der Waals surface area contributed by atoms with Crippen LogP contribution in [0, 0.1) is 11.6 Å². The third kappa shape index (κ3) is 3.17. The number of amides is 1. The zero-order chi connectivity index (χ0) is 20.9. The number of carbonyl (C=O) groups is 1. The Balaban J connectivity index is 1.31. The summed E-state index contributed by atoms with van der Waals surface area (Å²) in [5.41, 5.74) is 0.924. The van der Waals surface area contributed by atoms with Crippen molar-refractivity contribution in [2.75, 3.05) is 19.6 Å². The Morgan fingerprint density at radius 1 is 1.20 bits per heavy atom. The third-order valence-electron chi connectivity index (χ3n) is 6.76. The Morgan fingerprint density at radius 2 is 1.93 bits per heavy atom. The molecule has 2 unspecified atom stereocenters. The molecule has 0 saturated carbocycles. The number of carbonyl (C=O) groups excluding carboxylic acids is 1. The first-order chi connectivity index (χ1) is 14.5. The minimum Gasteiger partial charge on any atom is -0.352 e. The highest BCUT2D eigenvalue weighted by molar-refractivity contribution is 5.89. The molecule has 8 heteroatoms. The molecule has 3 fully saturated rings. The van der Waals surface area contributed by atoms with Crippen molar-refractivity contribution in [3.63, 3.8) is 0 Å². The number of rotatable bonds is 2. The van der Waals surface area contributed by atoms with Gasteiger partial charge in [0.25, 0.3) is 5.91 Å². The van der Waals surface area contributed by atoms with Crippen molar-refractivity contribution in [3.8, 4) is 0 Å². The quantitative estimate of drug-likeness (QED) is 0.805. The van der Waals surface area contributed by atoms with Gasteiger partial charge in [-0.05, 0) is 42.5 Å². The minimum atomic E-state index is -0.842. The molecule has 2 atom stereocenters. The first-order valence-electron chi connectivity index (χ1n) is 10.7. The molecule has 3 saturated heterocycles. The molecular weight excluding hydrogens is 390 g/mol. The Bertz CT molecular complexity index is 903. The van der Waals surface area contributed by atoms with Crippen LogP contribution in [0.25, 0.3) is 0 Å². The highest BCUT2D eigenvalue weighted by Gasteiger charge is 2.58. The molecule has 1 N–H and O–H groups in total. The summed E-state index contributed by atoms with van der Waals surface area (Å²) in [6, 6.07) is 3.16. The molecule has 1 spiro atoms. The number of aliphatic imine (C=N–C) groups is 1. The Hall–Kier alpha value is -2.48. The highest BCUT2D eigenvalue weighted by Crippen LogP contribution is 2.47. The van der Waals surface area contributed by atoms with E-state index in [0.717, 1.165) is 25.0 Å². The predicted molar refractivity (Wildman–Crippen MR) is 107 cm³/mol. The van der Waals surface area contributed by atoms with E-state index in [1.54, 1.807) is 4.90 Å². The lowest BCUT2D eigenvalue weighted by molar-refractivity contribution is -0.142. The van der Waals surface area contributed by atoms with Crippen molar-refractivity contribution in [2.45, 2.75) is 56.9 Å². The molecule has 6 nitrogen and oxygen atoms in total. The maximum Gasteiger partial charge on any atom is 0.257 e. The lowest BCUT2D eigenvalue weighted by Crippen LogP contribution is -2.54. The number of piperidine rings is 1. The number of nitrogens with zero attached hydrogens (tertiary/aromatic N) is 3. The van der Waals surface area contributed by atoms with Crippen LogP contribution in [0.2, 0.25) is 0 Å². The van der Waals surface area contributed by atoms with E-state index in [1.165, 1.54) is 17.7 Å². The monoisotopic (exact) mass is 416 g/mol. The first kappa shape index (κ1) is 19.5. The molecular formula is C22H26F2N4O2. The number of fused-ring (bicyclic) bond motifs is 1. The largest absolute Gasteiger partial charge is 0.352 e. The third-order valence-corrected chi connectivity index (χ3v) is 6.76. The molecule has 4 heterocycles. The minimum absolute atomic E-state index is 0.0500. The molecule has 0 radical (unpaired) electrons. The highest BCUT2D eigenvalue weighted by atomic mass is 19.1. The summed E-state index contributed by atoms with van der Waals surface area (Å²) in [5, 5.41) is 3.36. The van der Waals surface area contributed by atoms with Gasteiger partial charge in [0, 0.05) is 44.7 Å². The summed E-state index contributed by atoms with van der Waals surface area (Å²) in [5.74, 6) is -0.442. The maximum atomic E-state index is 13.7. The number of nitrogens with one attached hydrogen (secondary N) is 1. The van der Waals surface area contributed by atoms with Crippen LogP contribution in [0.15, 0.2) is 35.0 Å². The molecule has 1 aromatic rings. The van der Waals surface area contributed by atoms with Crippen LogP contribution in [-0.4, -0.2) is 53.1 Å². The molecule has 0 bridgehead atoms. The van der Waals surface area contributed by atoms with Crippen LogP contribution < -0.4 is 5.32 Å². The average Bonchev–Trinajstić information content (AvgIpc) is 3.26. The molecule has 160 valence electrons. The molecule has 1 amide bonds. The lowest BCUT2D eigenvalue weighted by Gasteiger charge is -2.39. The van der Waals surface area contributed by atoms with Gasteiger partial charge < -0.3 is 19.9 Å². The summed E-state index contributed by atoms with van der Waals surface area (Å²) in [4.78, 5) is 21.8. The average molecular weight is 416 g/mol. The predicted octanol–water partition coefficient (Wildman–Crippen LogP) is 3.07. The van der Waals surface area contributed by atoms with Gasteiger partial charge in [0.05, 0.1) is 6.04 Å². The summed E-state index contributed by atoms with van der Waals surface area (Å²) >= 11 is 0. The summed E-state index contributed by atoms with van der Waals surface area (Å²) in [6.45, 7) is 4.26. The van der Waals surface area contributed by atoms with E-state index in [1.807, 2.05) is 6.20 Å². The Labute approximate surface area is 174 Å². The van der Waals surface area contributed by atoms with E-state index in [9.17, 15) is 13.6 Å². The zero-order valence-electron chi connectivity index (χ0n) is 17.0. The van der Waals surface area contributed by atoms with Crippen LogP contribution in [-0.2, 0) is 9.53 Å². The number of hydrogen-bond donors (Lipinski definition) is 1. The second kappa shape index (κ2) is 7.34. The van der Waals surface area contributed by atoms with Gasteiger partial charge in [-0.1, -0.05) is 6.92 Å². The van der Waals surface area contributed by atoms with Crippen LogP contribution >= 0.6 is 0 Å². The Morgan fingerprint density at radius 3 is 2.57 bits per heavy atom. The second-order valence-electron chi connectivity index (χ2n) is 8.51. The molecule has 30 heavy (non-hydrogen) atoms. The number of benzene rings is 1. The number of halogens is 2. The van der Waals surface area contributed by atoms with Crippen LogP contribution in [0.4, 0.5) is 8.78 Å². The van der Waals surface area contributed by atoms with Crippen molar-refractivity contribution >= 4 is 11.9 Å². The van der Waals surface area contributed by atoms with Gasteiger partial charge >= 0.3 is 0 Å². The van der Waals surface area contributed by atoms with E-state index in [-0.39, 0.29) is 18.2 Å². The maximum absolute atomic E-state index is 13.7. The number of guanidine groups is 1. The van der Waals surface area contributed by atoms with Gasteiger partial charge in [-0.3, -0.25) is 4.79 Å². The van der Waals surface area contributed by atoms with Crippen LogP contribution in [0.3, 0.4) is 0 Å². The summed E-state index contributed by atoms with van der Waals surface area (Å²) < 4.78 is 33.8. The standard InChI is InChI=1S/C22H26F2N4O2/c1-2-14-12-25-21(26-13-14)27-7-5-22(6-8-27)20(29)28-18(3-4-19(28)30-22)15-9-16(23)11-17(24)10-15/h9-12,18-19H,2-8,13H2,1H3,(H,25,26). The van der Waals surface area contributed by atoms with Crippen LogP contribution in [0.1, 0.15) is 50.6 Å². The SMILES string of the molecule is CCC1=CN=C(N2CCC3(CC2)OC2CCC(c4cc(F)cc(F)c4)N2C3=O)NC1. The molecule has 1 aromatic carbocycles. The van der Waals surface area contributed by atoms with Gasteiger partial charge in [-0.2, -0.15) is 0 Å². The van der Waals surface area contributed by atoms with Crippen molar-refractivity contribution in [1.29, 1.82) is 0 Å². The fraction of sp³-hybridized carbons (Fsp3) is 0.545. The zero-order valence-corrected chi connectivity index (χ0v) is 17.0. The molecule has 4 aliphatic heterocycles. The topological polar surface area (TPSA) is 57.2 Å². The first-order valence-corrected chi connectivity index (χ1v) is 10.7. The normalized spacial score (nSPS) is 27.8. The van der Waals surface area contributed by atoms with Gasteiger partial charge in [-0.15, -0.1) is 0 Å². The van der Waals surface area contributed by atoms with E-state index in [0.29, 0.717) is 44.3 Å². The molecule has 0 aliphatic carbocycles. The van der Waals surface area contributed by atoms with Gasteiger partial charge in [0.15, 0.2) is 11.6 Å². The van der Waals surface area contributed by atoms with Crippen LogP contribution in [0.5, 0.6) is 0 Å². The van der Waals surface area contributed by atoms with Crippen molar-refractivity contribution in [2.24, 2.45) is 4.99 Å².